The Hall–Kier alpha value is -0.670. The highest BCUT2D eigenvalue weighted by molar-refractivity contribution is 7.99. The highest BCUT2D eigenvalue weighted by atomic mass is 35.5. The molecular formula is C11H14ClNOS. The molecule has 82 valence electrons. The van der Waals surface area contributed by atoms with Crippen LogP contribution in [0.5, 0.6) is 0 Å². The van der Waals surface area contributed by atoms with Gasteiger partial charge in [0.1, 0.15) is 0 Å². The van der Waals surface area contributed by atoms with E-state index in [1.807, 2.05) is 18.2 Å². The van der Waals surface area contributed by atoms with E-state index in [0.717, 1.165) is 5.75 Å². The molecule has 0 atom stereocenters. The zero-order valence-electron chi connectivity index (χ0n) is 8.41. The molecule has 0 fully saturated rings. The highest BCUT2D eigenvalue weighted by Gasteiger charge is 1.98. The van der Waals surface area contributed by atoms with Crippen LogP contribution in [0.2, 0.25) is 0 Å². The monoisotopic (exact) mass is 243 g/mol. The van der Waals surface area contributed by atoms with Crippen molar-refractivity contribution in [2.24, 2.45) is 0 Å². The first-order valence-corrected chi connectivity index (χ1v) is 6.35. The molecule has 1 rings (SSSR count). The van der Waals surface area contributed by atoms with Gasteiger partial charge in [-0.2, -0.15) is 0 Å². The molecule has 0 unspecified atom stereocenters. The summed E-state index contributed by atoms with van der Waals surface area (Å²) in [6, 6.07) is 10.1. The third kappa shape index (κ3) is 5.70. The molecule has 0 radical (unpaired) electrons. The maximum absolute atomic E-state index is 11.0. The van der Waals surface area contributed by atoms with Crippen molar-refractivity contribution in [2.75, 3.05) is 18.2 Å². The summed E-state index contributed by atoms with van der Waals surface area (Å²) in [6.45, 7) is 0.690. The summed E-state index contributed by atoms with van der Waals surface area (Å²) in [5.41, 5.74) is 0. The van der Waals surface area contributed by atoms with Crippen molar-refractivity contribution >= 4 is 29.3 Å². The van der Waals surface area contributed by atoms with Crippen molar-refractivity contribution in [1.82, 2.24) is 5.32 Å². The topological polar surface area (TPSA) is 29.1 Å². The van der Waals surface area contributed by atoms with Gasteiger partial charge >= 0.3 is 0 Å². The Morgan fingerprint density at radius 3 is 2.73 bits per heavy atom. The summed E-state index contributed by atoms with van der Waals surface area (Å²) < 4.78 is 0. The standard InChI is InChI=1S/C11H14ClNOS/c12-7-6-11(14)13-8-9-15-10-4-2-1-3-5-10/h1-5H,6-9H2,(H,13,14). The van der Waals surface area contributed by atoms with Crippen molar-refractivity contribution in [2.45, 2.75) is 11.3 Å². The van der Waals surface area contributed by atoms with Gasteiger partial charge in [0.25, 0.3) is 0 Å². The Morgan fingerprint density at radius 2 is 2.07 bits per heavy atom. The minimum absolute atomic E-state index is 0.0265. The number of alkyl halides is 1. The molecule has 0 aromatic heterocycles. The van der Waals surface area contributed by atoms with E-state index in [2.05, 4.69) is 17.4 Å². The first-order chi connectivity index (χ1) is 7.33. The fourth-order valence-electron chi connectivity index (χ4n) is 1.05. The number of thioether (sulfide) groups is 1. The number of carbonyl (C=O) groups is 1. The van der Waals surface area contributed by atoms with Crippen LogP contribution in [-0.4, -0.2) is 24.1 Å². The molecular weight excluding hydrogens is 230 g/mol. The van der Waals surface area contributed by atoms with Crippen molar-refractivity contribution in [3.63, 3.8) is 0 Å². The fraction of sp³-hybridized carbons (Fsp3) is 0.364. The molecule has 0 aliphatic rings. The molecule has 1 amide bonds. The van der Waals surface area contributed by atoms with E-state index in [-0.39, 0.29) is 5.91 Å². The van der Waals surface area contributed by atoms with Crippen LogP contribution < -0.4 is 5.32 Å². The number of hydrogen-bond donors (Lipinski definition) is 1. The van der Waals surface area contributed by atoms with Crippen LogP contribution in [0.25, 0.3) is 0 Å². The van der Waals surface area contributed by atoms with Crippen LogP contribution in [0, 0.1) is 0 Å². The number of nitrogens with one attached hydrogen (secondary N) is 1. The molecule has 0 heterocycles. The van der Waals surface area contributed by atoms with Gasteiger partial charge in [-0.1, -0.05) is 18.2 Å². The molecule has 0 aliphatic heterocycles. The number of rotatable bonds is 6. The van der Waals surface area contributed by atoms with Crippen LogP contribution in [-0.2, 0) is 4.79 Å². The zero-order chi connectivity index (χ0) is 10.9. The molecule has 0 saturated carbocycles. The summed E-state index contributed by atoms with van der Waals surface area (Å²) in [5.74, 6) is 1.30. The van der Waals surface area contributed by atoms with Crippen molar-refractivity contribution < 1.29 is 4.79 Å². The minimum Gasteiger partial charge on any atom is -0.355 e. The summed E-state index contributed by atoms with van der Waals surface area (Å²) in [6.07, 6.45) is 0.400. The van der Waals surface area contributed by atoms with Gasteiger partial charge in [-0.05, 0) is 12.1 Å². The van der Waals surface area contributed by atoms with Gasteiger partial charge in [-0.15, -0.1) is 23.4 Å². The average molecular weight is 244 g/mol. The van der Waals surface area contributed by atoms with E-state index in [1.54, 1.807) is 11.8 Å². The second-order valence-electron chi connectivity index (χ2n) is 2.95. The first-order valence-electron chi connectivity index (χ1n) is 4.83. The molecule has 1 aromatic carbocycles. The molecule has 0 aliphatic carbocycles. The van der Waals surface area contributed by atoms with Crippen molar-refractivity contribution in [1.29, 1.82) is 0 Å². The number of amides is 1. The zero-order valence-corrected chi connectivity index (χ0v) is 9.98. The fourth-order valence-corrected chi connectivity index (χ4v) is 2.01. The first kappa shape index (κ1) is 12.4. The predicted octanol–water partition coefficient (Wildman–Crippen LogP) is 2.52. The molecule has 0 bridgehead atoms. The normalized spacial score (nSPS) is 9.93. The molecule has 2 nitrogen and oxygen atoms in total. The third-order valence-electron chi connectivity index (χ3n) is 1.76. The van der Waals surface area contributed by atoms with Crippen molar-refractivity contribution in [3.05, 3.63) is 30.3 Å². The highest BCUT2D eigenvalue weighted by Crippen LogP contribution is 2.15. The molecule has 0 saturated heterocycles. The number of halogens is 1. The van der Waals surface area contributed by atoms with Crippen LogP contribution in [0.3, 0.4) is 0 Å². The van der Waals surface area contributed by atoms with Crippen LogP contribution in [0.4, 0.5) is 0 Å². The molecule has 1 N–H and O–H groups in total. The van der Waals surface area contributed by atoms with E-state index in [1.165, 1.54) is 4.90 Å². The summed E-state index contributed by atoms with van der Waals surface area (Å²) >= 11 is 7.17. The Morgan fingerprint density at radius 1 is 1.33 bits per heavy atom. The number of carbonyl (C=O) groups excluding carboxylic acids is 1. The number of benzene rings is 1. The Labute approximate surface area is 99.4 Å². The van der Waals surface area contributed by atoms with Crippen LogP contribution in [0.15, 0.2) is 35.2 Å². The smallest absolute Gasteiger partial charge is 0.221 e. The van der Waals surface area contributed by atoms with Crippen LogP contribution in [0.1, 0.15) is 6.42 Å². The Bertz CT molecular complexity index is 292. The lowest BCUT2D eigenvalue weighted by Gasteiger charge is -2.03. The van der Waals surface area contributed by atoms with E-state index >= 15 is 0 Å². The van der Waals surface area contributed by atoms with Gasteiger partial charge in [0.15, 0.2) is 0 Å². The average Bonchev–Trinajstić information content (AvgIpc) is 2.26. The number of hydrogen-bond acceptors (Lipinski definition) is 2. The molecule has 15 heavy (non-hydrogen) atoms. The lowest BCUT2D eigenvalue weighted by Crippen LogP contribution is -2.25. The largest absolute Gasteiger partial charge is 0.355 e. The maximum Gasteiger partial charge on any atom is 0.221 e. The van der Waals surface area contributed by atoms with E-state index < -0.39 is 0 Å². The van der Waals surface area contributed by atoms with Gasteiger partial charge in [0.2, 0.25) is 5.91 Å². The molecule has 1 aromatic rings. The summed E-state index contributed by atoms with van der Waals surface area (Å²) in [5, 5.41) is 2.81. The van der Waals surface area contributed by atoms with Crippen molar-refractivity contribution in [3.8, 4) is 0 Å². The van der Waals surface area contributed by atoms with E-state index in [4.69, 9.17) is 11.6 Å². The Balaban J connectivity index is 2.10. The van der Waals surface area contributed by atoms with Gasteiger partial charge < -0.3 is 5.32 Å². The lowest BCUT2D eigenvalue weighted by atomic mass is 10.4. The third-order valence-corrected chi connectivity index (χ3v) is 2.96. The quantitative estimate of drug-likeness (QED) is 0.473. The van der Waals surface area contributed by atoms with Gasteiger partial charge in [-0.25, -0.2) is 0 Å². The summed E-state index contributed by atoms with van der Waals surface area (Å²) in [7, 11) is 0. The second kappa shape index (κ2) is 7.60. The SMILES string of the molecule is O=C(CCCl)NCCSc1ccccc1. The predicted molar refractivity (Wildman–Crippen MR) is 65.5 cm³/mol. The maximum atomic E-state index is 11.0. The molecule has 4 heteroatoms. The summed E-state index contributed by atoms with van der Waals surface area (Å²) in [4.78, 5) is 12.3. The van der Waals surface area contributed by atoms with Gasteiger partial charge in [-0.3, -0.25) is 4.79 Å². The molecule has 0 spiro atoms. The minimum atomic E-state index is 0.0265. The van der Waals surface area contributed by atoms with E-state index in [0.29, 0.717) is 18.8 Å². The van der Waals surface area contributed by atoms with Crippen LogP contribution >= 0.6 is 23.4 Å². The Kier molecular flexibility index (Phi) is 6.28. The van der Waals surface area contributed by atoms with E-state index in [9.17, 15) is 4.79 Å². The van der Waals surface area contributed by atoms with Gasteiger partial charge in [0, 0.05) is 29.5 Å². The lowest BCUT2D eigenvalue weighted by molar-refractivity contribution is -0.120. The second-order valence-corrected chi connectivity index (χ2v) is 4.50. The van der Waals surface area contributed by atoms with Gasteiger partial charge in [0.05, 0.1) is 0 Å².